The van der Waals surface area contributed by atoms with Gasteiger partial charge in [-0.15, -0.1) is 10.2 Å². The molecule has 1 aliphatic heterocycles. The van der Waals surface area contributed by atoms with Crippen LogP contribution in [0.4, 0.5) is 5.69 Å². The van der Waals surface area contributed by atoms with E-state index in [0.717, 1.165) is 42.1 Å². The minimum atomic E-state index is -0.339. The highest BCUT2D eigenvalue weighted by Gasteiger charge is 2.29. The summed E-state index contributed by atoms with van der Waals surface area (Å²) < 4.78 is 7.59. The number of hydrogen-bond acceptors (Lipinski definition) is 6. The van der Waals surface area contributed by atoms with E-state index in [4.69, 9.17) is 4.74 Å². The number of para-hydroxylation sites is 1. The van der Waals surface area contributed by atoms with Crippen molar-refractivity contribution in [1.82, 2.24) is 19.7 Å². The molecule has 2 aromatic heterocycles. The molecule has 0 aliphatic carbocycles. The van der Waals surface area contributed by atoms with Crippen molar-refractivity contribution in [3.8, 4) is 22.8 Å². The third-order valence-corrected chi connectivity index (χ3v) is 7.00. The molecule has 35 heavy (non-hydrogen) atoms. The van der Waals surface area contributed by atoms with Crippen LogP contribution in [0, 0.1) is 0 Å². The fraction of sp³-hybridized carbons (Fsp3) is 0.259. The normalized spacial score (nSPS) is 13.8. The number of nitrogens with zero attached hydrogens (tertiary/aromatic N) is 5. The highest BCUT2D eigenvalue weighted by molar-refractivity contribution is 8.00. The molecule has 7 nitrogen and oxygen atoms in total. The first-order valence-corrected chi connectivity index (χ1v) is 12.7. The number of benzene rings is 2. The molecule has 0 saturated carbocycles. The lowest BCUT2D eigenvalue weighted by Crippen LogP contribution is -2.40. The van der Waals surface area contributed by atoms with E-state index in [1.165, 1.54) is 17.3 Å². The summed E-state index contributed by atoms with van der Waals surface area (Å²) in [5.41, 5.74) is 3.98. The van der Waals surface area contributed by atoms with Gasteiger partial charge in [-0.2, -0.15) is 0 Å². The molecule has 0 radical (unpaired) electrons. The maximum Gasteiger partial charge on any atom is 0.240 e. The Labute approximate surface area is 209 Å². The molecule has 178 valence electrons. The highest BCUT2D eigenvalue weighted by Crippen LogP contribution is 2.33. The van der Waals surface area contributed by atoms with Crippen molar-refractivity contribution in [2.75, 3.05) is 18.1 Å². The average Bonchev–Trinajstić information content (AvgIpc) is 3.32. The van der Waals surface area contributed by atoms with Gasteiger partial charge in [0.25, 0.3) is 0 Å². The summed E-state index contributed by atoms with van der Waals surface area (Å²) in [7, 11) is 0. The Morgan fingerprint density at radius 1 is 1.09 bits per heavy atom. The first-order chi connectivity index (χ1) is 17.2. The smallest absolute Gasteiger partial charge is 0.240 e. The molecule has 4 aromatic rings. The summed E-state index contributed by atoms with van der Waals surface area (Å²) >= 11 is 1.42. The number of amides is 1. The third-order valence-electron chi connectivity index (χ3n) is 5.97. The predicted molar refractivity (Wildman–Crippen MR) is 138 cm³/mol. The fourth-order valence-electron chi connectivity index (χ4n) is 4.31. The number of ether oxygens (including phenoxy) is 1. The van der Waals surface area contributed by atoms with Gasteiger partial charge in [0.2, 0.25) is 5.91 Å². The van der Waals surface area contributed by atoms with Crippen LogP contribution in [-0.4, -0.2) is 44.1 Å². The molecule has 1 amide bonds. The number of carbonyl (C=O) groups excluding carboxylic acids is 1. The van der Waals surface area contributed by atoms with Gasteiger partial charge in [-0.05, 0) is 74.7 Å². The van der Waals surface area contributed by atoms with Crippen molar-refractivity contribution in [2.45, 2.75) is 37.1 Å². The Kier molecular flexibility index (Phi) is 6.81. The first-order valence-electron chi connectivity index (χ1n) is 11.8. The lowest BCUT2D eigenvalue weighted by atomic mass is 10.0. The maximum absolute atomic E-state index is 13.5. The van der Waals surface area contributed by atoms with Gasteiger partial charge < -0.3 is 9.64 Å². The quantitative estimate of drug-likeness (QED) is 0.336. The Morgan fingerprint density at radius 3 is 2.69 bits per heavy atom. The first kappa shape index (κ1) is 23.1. The van der Waals surface area contributed by atoms with Crippen LogP contribution in [0.5, 0.6) is 5.75 Å². The van der Waals surface area contributed by atoms with Gasteiger partial charge in [-0.25, -0.2) is 0 Å². The molecule has 1 unspecified atom stereocenters. The number of rotatable bonds is 7. The standard InChI is InChI=1S/C27H27N5O2S/c1-3-34-23-14-12-22(13-15-23)32-25(21-9-6-16-28-18-21)29-30-27(32)35-19(2)26(33)31-17-7-10-20-8-4-5-11-24(20)31/h4-6,8-9,11-16,18-19H,3,7,10,17H2,1-2H3. The predicted octanol–water partition coefficient (Wildman–Crippen LogP) is 5.19. The van der Waals surface area contributed by atoms with Gasteiger partial charge in [0.1, 0.15) is 5.75 Å². The second kappa shape index (κ2) is 10.3. The minimum absolute atomic E-state index is 0.0753. The molecule has 5 rings (SSSR count). The third kappa shape index (κ3) is 4.79. The van der Waals surface area contributed by atoms with Crippen LogP contribution in [0.1, 0.15) is 25.8 Å². The molecule has 3 heterocycles. The molecule has 0 N–H and O–H groups in total. The number of anilines is 1. The number of aromatic nitrogens is 4. The highest BCUT2D eigenvalue weighted by atomic mass is 32.2. The van der Waals surface area contributed by atoms with Crippen LogP contribution in [-0.2, 0) is 11.2 Å². The van der Waals surface area contributed by atoms with Crippen molar-refractivity contribution in [2.24, 2.45) is 0 Å². The van der Waals surface area contributed by atoms with Crippen molar-refractivity contribution in [1.29, 1.82) is 0 Å². The molecule has 1 atom stereocenters. The average molecular weight is 486 g/mol. The molecule has 0 fully saturated rings. The molecule has 0 saturated heterocycles. The second-order valence-electron chi connectivity index (χ2n) is 8.29. The van der Waals surface area contributed by atoms with Crippen molar-refractivity contribution < 1.29 is 9.53 Å². The van der Waals surface area contributed by atoms with Crippen LogP contribution < -0.4 is 9.64 Å². The topological polar surface area (TPSA) is 73.1 Å². The van der Waals surface area contributed by atoms with E-state index in [2.05, 4.69) is 21.2 Å². The Bertz CT molecular complexity index is 1310. The van der Waals surface area contributed by atoms with Crippen molar-refractivity contribution >= 4 is 23.4 Å². The lowest BCUT2D eigenvalue weighted by molar-refractivity contribution is -0.117. The Hall–Kier alpha value is -3.65. The summed E-state index contributed by atoms with van der Waals surface area (Å²) in [6, 6.07) is 19.8. The number of hydrogen-bond donors (Lipinski definition) is 0. The zero-order chi connectivity index (χ0) is 24.2. The maximum atomic E-state index is 13.5. The van der Waals surface area contributed by atoms with E-state index >= 15 is 0 Å². The number of aryl methyl sites for hydroxylation is 1. The van der Waals surface area contributed by atoms with E-state index in [-0.39, 0.29) is 11.2 Å². The second-order valence-corrected chi connectivity index (χ2v) is 9.60. The summed E-state index contributed by atoms with van der Waals surface area (Å²) in [6.45, 7) is 5.23. The van der Waals surface area contributed by atoms with E-state index in [1.54, 1.807) is 12.4 Å². The zero-order valence-electron chi connectivity index (χ0n) is 19.8. The molecule has 0 spiro atoms. The summed E-state index contributed by atoms with van der Waals surface area (Å²) in [6.07, 6.45) is 5.46. The summed E-state index contributed by atoms with van der Waals surface area (Å²) in [4.78, 5) is 19.7. The number of carbonyl (C=O) groups is 1. The summed E-state index contributed by atoms with van der Waals surface area (Å²) in [5, 5.41) is 9.28. The molecule has 2 aromatic carbocycles. The van der Waals surface area contributed by atoms with E-state index in [9.17, 15) is 4.79 Å². The molecule has 8 heteroatoms. The van der Waals surface area contributed by atoms with Gasteiger partial charge in [-0.1, -0.05) is 30.0 Å². The lowest BCUT2D eigenvalue weighted by Gasteiger charge is -2.31. The van der Waals surface area contributed by atoms with E-state index in [0.29, 0.717) is 17.6 Å². The van der Waals surface area contributed by atoms with Crippen molar-refractivity contribution in [3.05, 3.63) is 78.6 Å². The van der Waals surface area contributed by atoms with Crippen LogP contribution in [0.25, 0.3) is 17.1 Å². The SMILES string of the molecule is CCOc1ccc(-n2c(SC(C)C(=O)N3CCCc4ccccc43)nnc2-c2cccnc2)cc1. The van der Waals surface area contributed by atoms with Gasteiger partial charge >= 0.3 is 0 Å². The largest absolute Gasteiger partial charge is 0.494 e. The van der Waals surface area contributed by atoms with Gasteiger partial charge in [0.05, 0.1) is 11.9 Å². The fourth-order valence-corrected chi connectivity index (χ4v) is 5.24. The van der Waals surface area contributed by atoms with Crippen molar-refractivity contribution in [3.63, 3.8) is 0 Å². The molecule has 0 bridgehead atoms. The van der Waals surface area contributed by atoms with Crippen LogP contribution in [0.3, 0.4) is 0 Å². The van der Waals surface area contributed by atoms with Crippen LogP contribution >= 0.6 is 11.8 Å². The zero-order valence-corrected chi connectivity index (χ0v) is 20.6. The summed E-state index contributed by atoms with van der Waals surface area (Å²) in [5.74, 6) is 1.55. The van der Waals surface area contributed by atoms with E-state index < -0.39 is 0 Å². The molecular formula is C27H27N5O2S. The number of pyridine rings is 1. The Balaban J connectivity index is 1.47. The monoisotopic (exact) mass is 485 g/mol. The number of fused-ring (bicyclic) bond motifs is 1. The van der Waals surface area contributed by atoms with Crippen LogP contribution in [0.15, 0.2) is 78.2 Å². The number of thioether (sulfide) groups is 1. The van der Waals surface area contributed by atoms with Gasteiger partial charge in [0, 0.05) is 35.9 Å². The van der Waals surface area contributed by atoms with Gasteiger partial charge in [-0.3, -0.25) is 14.3 Å². The minimum Gasteiger partial charge on any atom is -0.494 e. The van der Waals surface area contributed by atoms with Crippen LogP contribution in [0.2, 0.25) is 0 Å². The van der Waals surface area contributed by atoms with Gasteiger partial charge in [0.15, 0.2) is 11.0 Å². The van der Waals surface area contributed by atoms with E-state index in [1.807, 2.05) is 77.9 Å². The Morgan fingerprint density at radius 2 is 1.91 bits per heavy atom. The molecular weight excluding hydrogens is 458 g/mol. The molecule has 1 aliphatic rings.